The molecule has 0 aliphatic carbocycles. The molecule has 0 bridgehead atoms. The van der Waals surface area contributed by atoms with Crippen molar-refractivity contribution in [3.8, 4) is 5.75 Å². The zero-order valence-corrected chi connectivity index (χ0v) is 12.2. The second-order valence-corrected chi connectivity index (χ2v) is 5.30. The van der Waals surface area contributed by atoms with Crippen molar-refractivity contribution in [2.45, 2.75) is 25.9 Å². The van der Waals surface area contributed by atoms with Crippen LogP contribution in [0.15, 0.2) is 24.3 Å². The molecule has 1 aliphatic heterocycles. The molecule has 6 nitrogen and oxygen atoms in total. The van der Waals surface area contributed by atoms with Gasteiger partial charge in [0.1, 0.15) is 11.8 Å². The number of hydrogen-bond acceptors (Lipinski definition) is 4. The standard InChI is InChI=1S/C15H20N2O4/c1-10(2)16-14(19)13-9-21-7-6-17(13)15(20)11-4-3-5-12(18)8-11/h3-5,8,10,13,18H,6-7,9H2,1-2H3,(H,16,19). The summed E-state index contributed by atoms with van der Waals surface area (Å²) in [5.74, 6) is -0.478. The lowest BCUT2D eigenvalue weighted by Crippen LogP contribution is -2.56. The first-order chi connectivity index (χ1) is 9.99. The summed E-state index contributed by atoms with van der Waals surface area (Å²) >= 11 is 0. The van der Waals surface area contributed by atoms with E-state index in [1.807, 2.05) is 13.8 Å². The predicted octanol–water partition coefficient (Wildman–Crippen LogP) is 0.758. The van der Waals surface area contributed by atoms with Crippen LogP contribution < -0.4 is 5.32 Å². The fraction of sp³-hybridized carbons (Fsp3) is 0.467. The second kappa shape index (κ2) is 6.58. The highest BCUT2D eigenvalue weighted by molar-refractivity contribution is 5.98. The summed E-state index contributed by atoms with van der Waals surface area (Å²) in [6.07, 6.45) is 0. The summed E-state index contributed by atoms with van der Waals surface area (Å²) in [5.41, 5.74) is 0.360. The molecular formula is C15H20N2O4. The number of hydrogen-bond donors (Lipinski definition) is 2. The second-order valence-electron chi connectivity index (χ2n) is 5.30. The van der Waals surface area contributed by atoms with Crippen LogP contribution in [0.2, 0.25) is 0 Å². The van der Waals surface area contributed by atoms with Crippen molar-refractivity contribution in [1.29, 1.82) is 0 Å². The molecule has 1 aromatic rings. The third-order valence-electron chi connectivity index (χ3n) is 3.22. The monoisotopic (exact) mass is 292 g/mol. The summed E-state index contributed by atoms with van der Waals surface area (Å²) in [7, 11) is 0. The van der Waals surface area contributed by atoms with Gasteiger partial charge in [0.15, 0.2) is 0 Å². The maximum absolute atomic E-state index is 12.5. The van der Waals surface area contributed by atoms with E-state index in [9.17, 15) is 14.7 Å². The third-order valence-corrected chi connectivity index (χ3v) is 3.22. The van der Waals surface area contributed by atoms with Gasteiger partial charge in [-0.1, -0.05) is 6.07 Å². The maximum atomic E-state index is 12.5. The minimum atomic E-state index is -0.643. The highest BCUT2D eigenvalue weighted by Crippen LogP contribution is 2.16. The number of aromatic hydroxyl groups is 1. The van der Waals surface area contributed by atoms with E-state index in [2.05, 4.69) is 5.32 Å². The number of ether oxygens (including phenoxy) is 1. The number of nitrogens with zero attached hydrogens (tertiary/aromatic N) is 1. The first-order valence-electron chi connectivity index (χ1n) is 6.97. The summed E-state index contributed by atoms with van der Waals surface area (Å²) in [4.78, 5) is 26.2. The Morgan fingerprint density at radius 1 is 1.43 bits per heavy atom. The molecule has 0 saturated carbocycles. The molecule has 6 heteroatoms. The first kappa shape index (κ1) is 15.3. The molecule has 1 unspecified atom stereocenters. The Balaban J connectivity index is 2.18. The molecule has 1 fully saturated rings. The molecule has 1 saturated heterocycles. The Hall–Kier alpha value is -2.08. The Labute approximate surface area is 123 Å². The number of nitrogens with one attached hydrogen (secondary N) is 1. The smallest absolute Gasteiger partial charge is 0.254 e. The van der Waals surface area contributed by atoms with Crippen LogP contribution in [0.4, 0.5) is 0 Å². The van der Waals surface area contributed by atoms with Crippen LogP contribution in [0, 0.1) is 0 Å². The number of morpholine rings is 1. The Morgan fingerprint density at radius 3 is 2.86 bits per heavy atom. The van der Waals surface area contributed by atoms with Crippen molar-refractivity contribution < 1.29 is 19.4 Å². The van der Waals surface area contributed by atoms with Crippen LogP contribution in [0.1, 0.15) is 24.2 Å². The van der Waals surface area contributed by atoms with E-state index in [1.165, 1.54) is 17.0 Å². The minimum Gasteiger partial charge on any atom is -0.508 e. The molecule has 1 aliphatic rings. The van der Waals surface area contributed by atoms with E-state index in [0.29, 0.717) is 18.7 Å². The normalized spacial score (nSPS) is 18.6. The lowest BCUT2D eigenvalue weighted by atomic mass is 10.1. The van der Waals surface area contributed by atoms with E-state index in [-0.39, 0.29) is 30.2 Å². The Morgan fingerprint density at radius 2 is 2.19 bits per heavy atom. The predicted molar refractivity (Wildman–Crippen MR) is 77.0 cm³/mol. The fourth-order valence-electron chi connectivity index (χ4n) is 2.25. The van der Waals surface area contributed by atoms with Crippen LogP contribution in [-0.2, 0) is 9.53 Å². The van der Waals surface area contributed by atoms with E-state index < -0.39 is 6.04 Å². The molecule has 2 amide bonds. The van der Waals surface area contributed by atoms with Crippen LogP contribution >= 0.6 is 0 Å². The molecule has 0 aromatic heterocycles. The van der Waals surface area contributed by atoms with E-state index in [4.69, 9.17) is 4.74 Å². The van der Waals surface area contributed by atoms with Gasteiger partial charge in [-0.05, 0) is 32.0 Å². The van der Waals surface area contributed by atoms with Crippen LogP contribution in [0.3, 0.4) is 0 Å². The van der Waals surface area contributed by atoms with Gasteiger partial charge in [-0.2, -0.15) is 0 Å². The van der Waals surface area contributed by atoms with Crippen molar-refractivity contribution in [3.05, 3.63) is 29.8 Å². The van der Waals surface area contributed by atoms with Crippen molar-refractivity contribution in [2.24, 2.45) is 0 Å². The maximum Gasteiger partial charge on any atom is 0.254 e. The summed E-state index contributed by atoms with van der Waals surface area (Å²) in [6.45, 7) is 4.66. The number of carbonyl (C=O) groups is 2. The zero-order valence-electron chi connectivity index (χ0n) is 12.2. The highest BCUT2D eigenvalue weighted by Gasteiger charge is 2.33. The SMILES string of the molecule is CC(C)NC(=O)C1COCCN1C(=O)c1cccc(O)c1. The molecule has 114 valence electrons. The van der Waals surface area contributed by atoms with Crippen molar-refractivity contribution in [3.63, 3.8) is 0 Å². The van der Waals surface area contributed by atoms with Crippen LogP contribution in [0.5, 0.6) is 5.75 Å². The Bertz CT molecular complexity index is 530. The van der Waals surface area contributed by atoms with E-state index >= 15 is 0 Å². The summed E-state index contributed by atoms with van der Waals surface area (Å²) in [6, 6.07) is 5.48. The average Bonchev–Trinajstić information content (AvgIpc) is 2.46. The van der Waals surface area contributed by atoms with E-state index in [0.717, 1.165) is 0 Å². The van der Waals surface area contributed by atoms with Gasteiger partial charge in [-0.15, -0.1) is 0 Å². The van der Waals surface area contributed by atoms with Crippen molar-refractivity contribution in [2.75, 3.05) is 19.8 Å². The molecule has 2 rings (SSSR count). The average molecular weight is 292 g/mol. The van der Waals surface area contributed by atoms with Crippen LogP contribution in [0.25, 0.3) is 0 Å². The third kappa shape index (κ3) is 3.72. The number of carbonyl (C=O) groups excluding carboxylic acids is 2. The van der Waals surface area contributed by atoms with Gasteiger partial charge < -0.3 is 20.1 Å². The van der Waals surface area contributed by atoms with Gasteiger partial charge >= 0.3 is 0 Å². The Kier molecular flexibility index (Phi) is 4.80. The molecule has 1 atom stereocenters. The molecular weight excluding hydrogens is 272 g/mol. The largest absolute Gasteiger partial charge is 0.508 e. The van der Waals surface area contributed by atoms with Crippen LogP contribution in [-0.4, -0.2) is 53.7 Å². The van der Waals surface area contributed by atoms with Crippen molar-refractivity contribution in [1.82, 2.24) is 10.2 Å². The minimum absolute atomic E-state index is 0.00264. The first-order valence-corrected chi connectivity index (χ1v) is 6.97. The van der Waals surface area contributed by atoms with Gasteiger partial charge in [-0.3, -0.25) is 9.59 Å². The number of benzene rings is 1. The lowest BCUT2D eigenvalue weighted by Gasteiger charge is -2.35. The van der Waals surface area contributed by atoms with Crippen molar-refractivity contribution >= 4 is 11.8 Å². The summed E-state index contributed by atoms with van der Waals surface area (Å²) < 4.78 is 5.32. The molecule has 0 radical (unpaired) electrons. The molecule has 2 N–H and O–H groups in total. The van der Waals surface area contributed by atoms with Gasteiger partial charge in [-0.25, -0.2) is 0 Å². The van der Waals surface area contributed by atoms with Gasteiger partial charge in [0.25, 0.3) is 5.91 Å². The highest BCUT2D eigenvalue weighted by atomic mass is 16.5. The van der Waals surface area contributed by atoms with Gasteiger partial charge in [0, 0.05) is 18.2 Å². The summed E-state index contributed by atoms with van der Waals surface area (Å²) in [5, 5.41) is 12.3. The quantitative estimate of drug-likeness (QED) is 0.862. The number of phenolic OH excluding ortho intramolecular Hbond substituents is 1. The van der Waals surface area contributed by atoms with E-state index in [1.54, 1.807) is 12.1 Å². The van der Waals surface area contributed by atoms with Gasteiger partial charge in [0.05, 0.1) is 13.2 Å². The molecule has 0 spiro atoms. The van der Waals surface area contributed by atoms with Gasteiger partial charge in [0.2, 0.25) is 5.91 Å². The fourth-order valence-corrected chi connectivity index (χ4v) is 2.25. The zero-order chi connectivity index (χ0) is 15.4. The number of amides is 2. The molecule has 1 aromatic carbocycles. The number of phenols is 1. The number of rotatable bonds is 3. The molecule has 1 heterocycles. The topological polar surface area (TPSA) is 78.9 Å². The molecule has 21 heavy (non-hydrogen) atoms. The lowest BCUT2D eigenvalue weighted by molar-refractivity contribution is -0.131.